The first kappa shape index (κ1) is 9.26. The molecule has 0 N–H and O–H groups in total. The first-order chi connectivity index (χ1) is 6.83. The van der Waals surface area contributed by atoms with Crippen molar-refractivity contribution in [3.05, 3.63) is 53.1 Å². The van der Waals surface area contributed by atoms with Gasteiger partial charge in [0.25, 0.3) is 0 Å². The lowest BCUT2D eigenvalue weighted by Gasteiger charge is -2.07. The summed E-state index contributed by atoms with van der Waals surface area (Å²) >= 11 is 0. The highest BCUT2D eigenvalue weighted by atomic mass is 14.2. The van der Waals surface area contributed by atoms with Crippen molar-refractivity contribution in [2.75, 3.05) is 0 Å². The molecular formula is C14H16. The average molecular weight is 184 g/mol. The van der Waals surface area contributed by atoms with Gasteiger partial charge in [-0.3, -0.25) is 0 Å². The number of hydrogen-bond donors (Lipinski definition) is 0. The number of allylic oxidation sites excluding steroid dienone is 4. The molecule has 14 heavy (non-hydrogen) atoms. The second-order valence-corrected chi connectivity index (χ2v) is 3.80. The van der Waals surface area contributed by atoms with Crippen LogP contribution in [0.4, 0.5) is 0 Å². The highest BCUT2D eigenvalue weighted by Crippen LogP contribution is 2.34. The predicted molar refractivity (Wildman–Crippen MR) is 62.0 cm³/mol. The van der Waals surface area contributed by atoms with Gasteiger partial charge in [0.1, 0.15) is 0 Å². The third-order valence-corrected chi connectivity index (χ3v) is 2.89. The Morgan fingerprint density at radius 2 is 1.86 bits per heavy atom. The molecule has 1 aromatic rings. The molecule has 1 aliphatic carbocycles. The fourth-order valence-corrected chi connectivity index (χ4v) is 2.13. The monoisotopic (exact) mass is 184 g/mol. The van der Waals surface area contributed by atoms with Crippen molar-refractivity contribution < 1.29 is 0 Å². The zero-order valence-corrected chi connectivity index (χ0v) is 8.88. The maximum atomic E-state index is 2.35. The summed E-state index contributed by atoms with van der Waals surface area (Å²) in [7, 11) is 0. The van der Waals surface area contributed by atoms with E-state index in [-0.39, 0.29) is 0 Å². The van der Waals surface area contributed by atoms with E-state index in [1.54, 1.807) is 0 Å². The van der Waals surface area contributed by atoms with Gasteiger partial charge in [-0.1, -0.05) is 48.9 Å². The Hall–Kier alpha value is -1.30. The molecule has 0 radical (unpaired) electrons. The second kappa shape index (κ2) is 3.83. The van der Waals surface area contributed by atoms with Gasteiger partial charge in [0.2, 0.25) is 0 Å². The van der Waals surface area contributed by atoms with Crippen LogP contribution in [0.3, 0.4) is 0 Å². The smallest absolute Gasteiger partial charge is 0.0126 e. The zero-order valence-electron chi connectivity index (χ0n) is 8.88. The minimum atomic E-state index is 1.13. The van der Waals surface area contributed by atoms with E-state index in [1.165, 1.54) is 22.3 Å². The Morgan fingerprint density at radius 3 is 2.50 bits per heavy atom. The van der Waals surface area contributed by atoms with Gasteiger partial charge >= 0.3 is 0 Å². The Balaban J connectivity index is 2.38. The summed E-state index contributed by atoms with van der Waals surface area (Å²) in [5.41, 5.74) is 5.88. The van der Waals surface area contributed by atoms with Crippen molar-refractivity contribution in [1.29, 1.82) is 0 Å². The van der Waals surface area contributed by atoms with E-state index in [0.29, 0.717) is 0 Å². The van der Waals surface area contributed by atoms with Gasteiger partial charge in [0, 0.05) is 0 Å². The molecule has 0 spiro atoms. The largest absolute Gasteiger partial charge is 0.0723 e. The lowest BCUT2D eigenvalue weighted by atomic mass is 9.97. The average Bonchev–Trinajstić information content (AvgIpc) is 2.61. The van der Waals surface area contributed by atoms with E-state index in [9.17, 15) is 0 Å². The molecule has 0 heterocycles. The summed E-state index contributed by atoms with van der Waals surface area (Å²) in [6, 6.07) is 10.7. The molecule has 1 aromatic carbocycles. The molecular weight excluding hydrogens is 168 g/mol. The molecule has 2 rings (SSSR count). The van der Waals surface area contributed by atoms with Crippen molar-refractivity contribution >= 4 is 5.57 Å². The van der Waals surface area contributed by atoms with Gasteiger partial charge < -0.3 is 0 Å². The molecule has 0 saturated heterocycles. The Bertz CT molecular complexity index is 380. The summed E-state index contributed by atoms with van der Waals surface area (Å²) < 4.78 is 0. The van der Waals surface area contributed by atoms with Gasteiger partial charge in [-0.25, -0.2) is 0 Å². The standard InChI is InChI=1S/C14H16/c1-3-13-11(2)9-10-14(13)12-7-5-4-6-8-12/h4-8,10H,3,9H2,1-2H3. The molecule has 0 fully saturated rings. The molecule has 0 saturated carbocycles. The van der Waals surface area contributed by atoms with Gasteiger partial charge in [0.05, 0.1) is 0 Å². The van der Waals surface area contributed by atoms with E-state index in [0.717, 1.165) is 12.8 Å². The Labute approximate surface area is 86.0 Å². The van der Waals surface area contributed by atoms with Crippen LogP contribution in [-0.2, 0) is 0 Å². The van der Waals surface area contributed by atoms with Crippen LogP contribution >= 0.6 is 0 Å². The van der Waals surface area contributed by atoms with E-state index in [1.807, 2.05) is 0 Å². The van der Waals surface area contributed by atoms with Crippen LogP contribution in [0, 0.1) is 0 Å². The lowest BCUT2D eigenvalue weighted by Crippen LogP contribution is -1.86. The normalized spacial score (nSPS) is 16.0. The van der Waals surface area contributed by atoms with Gasteiger partial charge in [0.15, 0.2) is 0 Å². The van der Waals surface area contributed by atoms with Crippen LogP contribution in [0.1, 0.15) is 32.3 Å². The number of rotatable bonds is 2. The molecule has 1 aliphatic rings. The van der Waals surface area contributed by atoms with Crippen molar-refractivity contribution in [1.82, 2.24) is 0 Å². The number of hydrogen-bond acceptors (Lipinski definition) is 0. The molecule has 0 nitrogen and oxygen atoms in total. The highest BCUT2D eigenvalue weighted by Gasteiger charge is 2.13. The molecule has 0 aromatic heterocycles. The third-order valence-electron chi connectivity index (χ3n) is 2.89. The third kappa shape index (κ3) is 1.52. The van der Waals surface area contributed by atoms with Gasteiger partial charge in [-0.05, 0) is 36.5 Å². The first-order valence-corrected chi connectivity index (χ1v) is 5.27. The number of benzene rings is 1. The molecule has 0 amide bonds. The van der Waals surface area contributed by atoms with Crippen molar-refractivity contribution in [3.63, 3.8) is 0 Å². The Morgan fingerprint density at radius 1 is 1.14 bits per heavy atom. The molecule has 0 bridgehead atoms. The maximum absolute atomic E-state index is 2.35. The van der Waals surface area contributed by atoms with Crippen molar-refractivity contribution in [2.24, 2.45) is 0 Å². The van der Waals surface area contributed by atoms with E-state index < -0.39 is 0 Å². The summed E-state index contributed by atoms with van der Waals surface area (Å²) in [5.74, 6) is 0. The molecule has 0 unspecified atom stereocenters. The summed E-state index contributed by atoms with van der Waals surface area (Å²) in [5, 5.41) is 0. The quantitative estimate of drug-likeness (QED) is 0.646. The molecule has 0 aliphatic heterocycles. The van der Waals surface area contributed by atoms with Crippen LogP contribution < -0.4 is 0 Å². The zero-order chi connectivity index (χ0) is 9.97. The Kier molecular flexibility index (Phi) is 2.53. The van der Waals surface area contributed by atoms with Crippen molar-refractivity contribution in [2.45, 2.75) is 26.7 Å². The van der Waals surface area contributed by atoms with Crippen LogP contribution in [-0.4, -0.2) is 0 Å². The van der Waals surface area contributed by atoms with E-state index >= 15 is 0 Å². The SMILES string of the molecule is CCC1=C(C)CC=C1c1ccccc1. The van der Waals surface area contributed by atoms with Crippen molar-refractivity contribution in [3.8, 4) is 0 Å². The van der Waals surface area contributed by atoms with Crippen LogP contribution in [0.5, 0.6) is 0 Å². The summed E-state index contributed by atoms with van der Waals surface area (Å²) in [6.45, 7) is 4.48. The maximum Gasteiger partial charge on any atom is -0.0126 e. The fourth-order valence-electron chi connectivity index (χ4n) is 2.13. The van der Waals surface area contributed by atoms with Gasteiger partial charge in [-0.15, -0.1) is 0 Å². The topological polar surface area (TPSA) is 0 Å². The first-order valence-electron chi connectivity index (χ1n) is 5.27. The minimum Gasteiger partial charge on any atom is -0.0723 e. The van der Waals surface area contributed by atoms with Crippen LogP contribution in [0.2, 0.25) is 0 Å². The van der Waals surface area contributed by atoms with Crippen LogP contribution in [0.25, 0.3) is 5.57 Å². The molecule has 0 heteroatoms. The predicted octanol–water partition coefficient (Wildman–Crippen LogP) is 4.20. The van der Waals surface area contributed by atoms with Gasteiger partial charge in [-0.2, -0.15) is 0 Å². The van der Waals surface area contributed by atoms with E-state index in [2.05, 4.69) is 50.3 Å². The molecule has 72 valence electrons. The second-order valence-electron chi connectivity index (χ2n) is 3.80. The summed E-state index contributed by atoms with van der Waals surface area (Å²) in [4.78, 5) is 0. The molecule has 0 atom stereocenters. The minimum absolute atomic E-state index is 1.13. The lowest BCUT2D eigenvalue weighted by molar-refractivity contribution is 1.10. The summed E-state index contributed by atoms with van der Waals surface area (Å²) in [6.07, 6.45) is 4.63. The van der Waals surface area contributed by atoms with E-state index in [4.69, 9.17) is 0 Å². The fraction of sp³-hybridized carbons (Fsp3) is 0.286. The van der Waals surface area contributed by atoms with Crippen LogP contribution in [0.15, 0.2) is 47.6 Å². The highest BCUT2D eigenvalue weighted by molar-refractivity contribution is 5.82.